The van der Waals surface area contributed by atoms with Gasteiger partial charge in [0.25, 0.3) is 0 Å². The van der Waals surface area contributed by atoms with Gasteiger partial charge in [0.1, 0.15) is 11.6 Å². The predicted molar refractivity (Wildman–Crippen MR) is 63.0 cm³/mol. The van der Waals surface area contributed by atoms with Gasteiger partial charge in [-0.1, -0.05) is 13.3 Å². The lowest BCUT2D eigenvalue weighted by atomic mass is 10.3. The van der Waals surface area contributed by atoms with Crippen LogP contribution in [-0.2, 0) is 0 Å². The van der Waals surface area contributed by atoms with E-state index in [0.717, 1.165) is 24.0 Å². The van der Waals surface area contributed by atoms with Crippen LogP contribution >= 0.6 is 0 Å². The summed E-state index contributed by atoms with van der Waals surface area (Å²) in [5.74, 6) is 2.59. The Hall–Kier alpha value is -1.19. The standard InChI is InChI=1S/C11H20N4/c1-3-4-7-15(9-5-6-9)11-10(12)13-8(2)14-11/h9H,3-7,12H2,1-2H3,(H,13,14). The second-order valence-corrected chi connectivity index (χ2v) is 4.34. The highest BCUT2D eigenvalue weighted by atomic mass is 15.3. The maximum absolute atomic E-state index is 5.92. The van der Waals surface area contributed by atoms with E-state index in [9.17, 15) is 0 Å². The second kappa shape index (κ2) is 4.13. The molecule has 1 fully saturated rings. The van der Waals surface area contributed by atoms with Crippen LogP contribution in [0.5, 0.6) is 0 Å². The number of nitrogens with two attached hydrogens (primary N) is 1. The van der Waals surface area contributed by atoms with Gasteiger partial charge >= 0.3 is 0 Å². The zero-order chi connectivity index (χ0) is 10.8. The Morgan fingerprint density at radius 3 is 2.73 bits per heavy atom. The van der Waals surface area contributed by atoms with Gasteiger partial charge in [-0.05, 0) is 26.2 Å². The average Bonchev–Trinajstić information content (AvgIpc) is 2.95. The van der Waals surface area contributed by atoms with Crippen molar-refractivity contribution in [1.82, 2.24) is 9.97 Å². The highest BCUT2D eigenvalue weighted by Crippen LogP contribution is 2.33. The molecule has 4 heteroatoms. The predicted octanol–water partition coefficient (Wildman–Crippen LogP) is 2.07. The highest BCUT2D eigenvalue weighted by molar-refractivity contribution is 5.60. The van der Waals surface area contributed by atoms with Crippen molar-refractivity contribution in [2.45, 2.75) is 45.6 Å². The number of aromatic nitrogens is 2. The number of aryl methyl sites for hydroxylation is 1. The quantitative estimate of drug-likeness (QED) is 0.778. The maximum Gasteiger partial charge on any atom is 0.171 e. The fraction of sp³-hybridized carbons (Fsp3) is 0.727. The summed E-state index contributed by atoms with van der Waals surface area (Å²) in [5, 5.41) is 0. The lowest BCUT2D eigenvalue weighted by molar-refractivity contribution is 0.706. The van der Waals surface area contributed by atoms with Gasteiger partial charge in [-0.25, -0.2) is 4.98 Å². The summed E-state index contributed by atoms with van der Waals surface area (Å²) in [6, 6.07) is 0.682. The summed E-state index contributed by atoms with van der Waals surface area (Å²) >= 11 is 0. The summed E-state index contributed by atoms with van der Waals surface area (Å²) in [7, 11) is 0. The van der Waals surface area contributed by atoms with Crippen molar-refractivity contribution < 1.29 is 0 Å². The van der Waals surface area contributed by atoms with E-state index in [1.807, 2.05) is 6.92 Å². The number of aromatic amines is 1. The number of hydrogen-bond acceptors (Lipinski definition) is 3. The molecule has 0 aromatic carbocycles. The average molecular weight is 208 g/mol. The normalized spacial score (nSPS) is 15.6. The Bertz CT molecular complexity index is 327. The Balaban J connectivity index is 2.12. The number of H-pyrrole nitrogens is 1. The summed E-state index contributed by atoms with van der Waals surface area (Å²) in [6.45, 7) is 5.24. The van der Waals surface area contributed by atoms with E-state index in [2.05, 4.69) is 21.8 Å². The van der Waals surface area contributed by atoms with Gasteiger partial charge in [-0.3, -0.25) is 0 Å². The number of hydrogen-bond donors (Lipinski definition) is 2. The van der Waals surface area contributed by atoms with E-state index >= 15 is 0 Å². The fourth-order valence-corrected chi connectivity index (χ4v) is 1.89. The molecule has 1 aromatic rings. The van der Waals surface area contributed by atoms with Gasteiger partial charge in [-0.2, -0.15) is 0 Å². The van der Waals surface area contributed by atoms with Gasteiger partial charge in [-0.15, -0.1) is 0 Å². The van der Waals surface area contributed by atoms with Crippen LogP contribution in [0.4, 0.5) is 11.6 Å². The SMILES string of the molecule is CCCCN(c1nc(C)[nH]c1N)C1CC1. The lowest BCUT2D eigenvalue weighted by Crippen LogP contribution is -2.27. The fourth-order valence-electron chi connectivity index (χ4n) is 1.89. The number of unbranched alkanes of at least 4 members (excludes halogenated alkanes) is 1. The Kier molecular flexibility index (Phi) is 2.84. The molecule has 0 bridgehead atoms. The Morgan fingerprint density at radius 2 is 2.27 bits per heavy atom. The van der Waals surface area contributed by atoms with Gasteiger partial charge in [0.2, 0.25) is 0 Å². The Morgan fingerprint density at radius 1 is 1.53 bits per heavy atom. The molecule has 1 aliphatic rings. The van der Waals surface area contributed by atoms with Crippen LogP contribution in [0.25, 0.3) is 0 Å². The molecule has 0 spiro atoms. The molecule has 15 heavy (non-hydrogen) atoms. The van der Waals surface area contributed by atoms with Crippen LogP contribution in [0.1, 0.15) is 38.4 Å². The van der Waals surface area contributed by atoms with Crippen molar-refractivity contribution in [3.8, 4) is 0 Å². The molecule has 2 rings (SSSR count). The lowest BCUT2D eigenvalue weighted by Gasteiger charge is -2.22. The minimum Gasteiger partial charge on any atom is -0.382 e. The number of anilines is 2. The molecule has 84 valence electrons. The minimum absolute atomic E-state index is 0.682. The van der Waals surface area contributed by atoms with E-state index in [0.29, 0.717) is 6.04 Å². The topological polar surface area (TPSA) is 57.9 Å². The Labute approximate surface area is 90.9 Å². The van der Waals surface area contributed by atoms with Gasteiger partial charge in [0, 0.05) is 12.6 Å². The molecule has 1 aromatic heterocycles. The molecule has 3 N–H and O–H groups in total. The molecule has 1 aliphatic carbocycles. The molecule has 0 amide bonds. The molecule has 0 atom stereocenters. The molecule has 1 heterocycles. The summed E-state index contributed by atoms with van der Waals surface area (Å²) in [4.78, 5) is 9.91. The molecule has 4 nitrogen and oxygen atoms in total. The molecule has 0 unspecified atom stereocenters. The zero-order valence-electron chi connectivity index (χ0n) is 9.58. The first-order valence-corrected chi connectivity index (χ1v) is 5.81. The molecular formula is C11H20N4. The first kappa shape index (κ1) is 10.3. The summed E-state index contributed by atoms with van der Waals surface area (Å²) < 4.78 is 0. The van der Waals surface area contributed by atoms with Crippen molar-refractivity contribution in [2.75, 3.05) is 17.2 Å². The van der Waals surface area contributed by atoms with Crippen LogP contribution < -0.4 is 10.6 Å². The third kappa shape index (κ3) is 2.25. The van der Waals surface area contributed by atoms with E-state index in [1.165, 1.54) is 25.7 Å². The number of nitrogens with one attached hydrogen (secondary N) is 1. The van der Waals surface area contributed by atoms with Crippen molar-refractivity contribution in [3.05, 3.63) is 5.82 Å². The van der Waals surface area contributed by atoms with Gasteiger partial charge in [0.15, 0.2) is 5.82 Å². The number of nitrogens with zero attached hydrogens (tertiary/aromatic N) is 2. The summed E-state index contributed by atoms with van der Waals surface area (Å²) in [6.07, 6.45) is 5.00. The van der Waals surface area contributed by atoms with Crippen molar-refractivity contribution >= 4 is 11.6 Å². The second-order valence-electron chi connectivity index (χ2n) is 4.34. The smallest absolute Gasteiger partial charge is 0.171 e. The third-order valence-corrected chi connectivity index (χ3v) is 2.84. The largest absolute Gasteiger partial charge is 0.382 e. The van der Waals surface area contributed by atoms with Crippen LogP contribution in [0.15, 0.2) is 0 Å². The first-order valence-electron chi connectivity index (χ1n) is 5.81. The van der Waals surface area contributed by atoms with Gasteiger partial charge in [0.05, 0.1) is 0 Å². The number of rotatable bonds is 5. The maximum atomic E-state index is 5.92. The number of imidazole rings is 1. The molecule has 0 saturated heterocycles. The molecule has 0 radical (unpaired) electrons. The third-order valence-electron chi connectivity index (χ3n) is 2.84. The van der Waals surface area contributed by atoms with Crippen molar-refractivity contribution in [1.29, 1.82) is 0 Å². The van der Waals surface area contributed by atoms with Gasteiger partial charge < -0.3 is 15.6 Å². The summed E-state index contributed by atoms with van der Waals surface area (Å²) in [5.41, 5.74) is 5.92. The minimum atomic E-state index is 0.682. The zero-order valence-corrected chi connectivity index (χ0v) is 9.58. The molecular weight excluding hydrogens is 188 g/mol. The van der Waals surface area contributed by atoms with Crippen molar-refractivity contribution in [2.24, 2.45) is 0 Å². The van der Waals surface area contributed by atoms with E-state index < -0.39 is 0 Å². The van der Waals surface area contributed by atoms with Crippen LogP contribution in [0.2, 0.25) is 0 Å². The molecule has 0 aliphatic heterocycles. The first-order chi connectivity index (χ1) is 7.22. The van der Waals surface area contributed by atoms with Crippen LogP contribution in [-0.4, -0.2) is 22.6 Å². The van der Waals surface area contributed by atoms with Crippen molar-refractivity contribution in [3.63, 3.8) is 0 Å². The number of nitrogen functional groups attached to an aromatic ring is 1. The van der Waals surface area contributed by atoms with E-state index in [4.69, 9.17) is 5.73 Å². The van der Waals surface area contributed by atoms with E-state index in [-0.39, 0.29) is 0 Å². The van der Waals surface area contributed by atoms with E-state index in [1.54, 1.807) is 0 Å². The monoisotopic (exact) mass is 208 g/mol. The molecule has 1 saturated carbocycles. The van der Waals surface area contributed by atoms with Crippen LogP contribution in [0.3, 0.4) is 0 Å². The van der Waals surface area contributed by atoms with Crippen LogP contribution in [0, 0.1) is 6.92 Å². The highest BCUT2D eigenvalue weighted by Gasteiger charge is 2.31.